The predicted octanol–water partition coefficient (Wildman–Crippen LogP) is 9.75. The summed E-state index contributed by atoms with van der Waals surface area (Å²) in [5.41, 5.74) is 0. The van der Waals surface area contributed by atoms with E-state index in [1.165, 1.54) is 141 Å². The molecule has 0 saturated heterocycles. The molecule has 1 unspecified atom stereocenters. The molecule has 0 aromatic rings. The maximum Gasteiger partial charge on any atom is 0.0540 e. The molecule has 0 aromatic heterocycles. The van der Waals surface area contributed by atoms with Crippen LogP contribution in [0.3, 0.4) is 0 Å². The van der Waals surface area contributed by atoms with Gasteiger partial charge in [0.2, 0.25) is 0 Å². The molecule has 0 aliphatic heterocycles. The lowest BCUT2D eigenvalue weighted by Crippen LogP contribution is -2.05. The molecule has 1 atom stereocenters. The van der Waals surface area contributed by atoms with Crippen LogP contribution in [0.2, 0.25) is 0 Å². The monoisotopic (exact) mass is 396 g/mol. The largest absolute Gasteiger partial charge is 0.393 e. The molecule has 1 nitrogen and oxygen atoms in total. The molecule has 0 aliphatic carbocycles. The summed E-state index contributed by atoms with van der Waals surface area (Å²) >= 11 is 0. The Balaban J connectivity index is 3.09. The van der Waals surface area contributed by atoms with E-state index < -0.39 is 0 Å². The van der Waals surface area contributed by atoms with Gasteiger partial charge in [-0.3, -0.25) is 0 Å². The normalized spacial score (nSPS) is 12.5. The molecule has 1 N–H and O–H groups in total. The van der Waals surface area contributed by atoms with Crippen molar-refractivity contribution in [1.82, 2.24) is 0 Å². The van der Waals surface area contributed by atoms with Gasteiger partial charge in [0.05, 0.1) is 6.10 Å². The van der Waals surface area contributed by atoms with E-state index >= 15 is 0 Å². The second-order valence-electron chi connectivity index (χ2n) is 9.30. The minimum absolute atomic E-state index is 0.0298. The van der Waals surface area contributed by atoms with Gasteiger partial charge in [-0.15, -0.1) is 0 Å². The minimum atomic E-state index is -0.0298. The Morgan fingerprint density at radius 2 is 0.571 bits per heavy atom. The molecule has 28 heavy (non-hydrogen) atoms. The Hall–Kier alpha value is -0.0400. The Bertz CT molecular complexity index is 263. The van der Waals surface area contributed by atoms with E-state index in [9.17, 15) is 5.11 Å². The zero-order valence-corrected chi connectivity index (χ0v) is 20.0. The van der Waals surface area contributed by atoms with Gasteiger partial charge in [0.15, 0.2) is 0 Å². The summed E-state index contributed by atoms with van der Waals surface area (Å²) in [6.07, 6.45) is 32.7. The van der Waals surface area contributed by atoms with E-state index in [0.717, 1.165) is 12.8 Å². The summed E-state index contributed by atoms with van der Waals surface area (Å²) in [5.74, 6) is 0. The predicted molar refractivity (Wildman–Crippen MR) is 128 cm³/mol. The lowest BCUT2D eigenvalue weighted by molar-refractivity contribution is 0.147. The molecule has 1 heteroatoms. The Morgan fingerprint density at radius 3 is 0.821 bits per heavy atom. The second-order valence-corrected chi connectivity index (χ2v) is 9.30. The van der Waals surface area contributed by atoms with Crippen molar-refractivity contribution < 1.29 is 5.11 Å². The third-order valence-electron chi connectivity index (χ3n) is 6.28. The van der Waals surface area contributed by atoms with E-state index in [4.69, 9.17) is 0 Å². The van der Waals surface area contributed by atoms with Crippen LogP contribution in [-0.4, -0.2) is 11.2 Å². The number of unbranched alkanes of at least 4 members (excludes halogenated alkanes) is 20. The molecule has 0 aromatic carbocycles. The number of hydrogen-bond donors (Lipinski definition) is 1. The van der Waals surface area contributed by atoms with Crippen LogP contribution in [0.25, 0.3) is 0 Å². The third kappa shape index (κ3) is 24.0. The van der Waals surface area contributed by atoms with Gasteiger partial charge in [0.25, 0.3) is 0 Å². The van der Waals surface area contributed by atoms with E-state index in [0.29, 0.717) is 0 Å². The maximum atomic E-state index is 10.1. The molecule has 0 aliphatic rings. The summed E-state index contributed by atoms with van der Waals surface area (Å²) < 4.78 is 0. The average molecular weight is 397 g/mol. The molecule has 0 rings (SSSR count). The minimum Gasteiger partial charge on any atom is -0.393 e. The fourth-order valence-electron chi connectivity index (χ4n) is 4.23. The standard InChI is InChI=1S/C27H56O/c1-3-5-7-9-11-12-13-14-15-16-17-18-19-20-22-24-26-27(28)25-23-21-10-8-6-4-2/h27-28H,3-26H2,1-2H3. The van der Waals surface area contributed by atoms with E-state index in [-0.39, 0.29) is 6.10 Å². The quantitative estimate of drug-likeness (QED) is 0.161. The van der Waals surface area contributed by atoms with Gasteiger partial charge < -0.3 is 5.11 Å². The fourth-order valence-corrected chi connectivity index (χ4v) is 4.23. The molecule has 0 fully saturated rings. The van der Waals surface area contributed by atoms with Gasteiger partial charge in [0.1, 0.15) is 0 Å². The Labute approximate surface area is 179 Å². The summed E-state index contributed by atoms with van der Waals surface area (Å²) in [7, 11) is 0. The van der Waals surface area contributed by atoms with Gasteiger partial charge in [-0.1, -0.05) is 155 Å². The van der Waals surface area contributed by atoms with Gasteiger partial charge in [-0.25, -0.2) is 0 Å². The highest BCUT2D eigenvalue weighted by Gasteiger charge is 2.03. The van der Waals surface area contributed by atoms with Crippen molar-refractivity contribution in [3.05, 3.63) is 0 Å². The number of hydrogen-bond acceptors (Lipinski definition) is 1. The molecule has 0 heterocycles. The van der Waals surface area contributed by atoms with Crippen LogP contribution < -0.4 is 0 Å². The van der Waals surface area contributed by atoms with Gasteiger partial charge in [-0.2, -0.15) is 0 Å². The van der Waals surface area contributed by atoms with Crippen molar-refractivity contribution in [2.24, 2.45) is 0 Å². The number of aliphatic hydroxyl groups excluding tert-OH is 1. The highest BCUT2D eigenvalue weighted by molar-refractivity contribution is 4.57. The molecule has 0 saturated carbocycles. The van der Waals surface area contributed by atoms with Crippen LogP contribution in [0, 0.1) is 0 Å². The highest BCUT2D eigenvalue weighted by atomic mass is 16.3. The summed E-state index contributed by atoms with van der Waals surface area (Å²) in [6.45, 7) is 4.56. The van der Waals surface area contributed by atoms with Crippen LogP contribution in [0.4, 0.5) is 0 Å². The first-order chi connectivity index (χ1) is 13.8. The van der Waals surface area contributed by atoms with Gasteiger partial charge >= 0.3 is 0 Å². The smallest absolute Gasteiger partial charge is 0.0540 e. The molecule has 0 radical (unpaired) electrons. The number of rotatable bonds is 24. The van der Waals surface area contributed by atoms with Crippen LogP contribution in [0.15, 0.2) is 0 Å². The summed E-state index contributed by atoms with van der Waals surface area (Å²) in [5, 5.41) is 10.1. The first-order valence-corrected chi connectivity index (χ1v) is 13.5. The third-order valence-corrected chi connectivity index (χ3v) is 6.28. The van der Waals surface area contributed by atoms with Crippen molar-refractivity contribution in [2.45, 2.75) is 174 Å². The lowest BCUT2D eigenvalue weighted by atomic mass is 10.0. The first-order valence-electron chi connectivity index (χ1n) is 13.5. The molecular weight excluding hydrogens is 340 g/mol. The molecule has 0 bridgehead atoms. The van der Waals surface area contributed by atoms with Crippen LogP contribution in [0.1, 0.15) is 168 Å². The lowest BCUT2D eigenvalue weighted by Gasteiger charge is -2.10. The molecule has 0 amide bonds. The maximum absolute atomic E-state index is 10.1. The fraction of sp³-hybridized carbons (Fsp3) is 1.00. The van der Waals surface area contributed by atoms with E-state index in [2.05, 4.69) is 13.8 Å². The SMILES string of the molecule is CCCCCCCCCCCCCCCCCCC(O)CCCCCCCC. The van der Waals surface area contributed by atoms with E-state index in [1.807, 2.05) is 0 Å². The summed E-state index contributed by atoms with van der Waals surface area (Å²) in [6, 6.07) is 0. The molecular formula is C27H56O. The van der Waals surface area contributed by atoms with Crippen molar-refractivity contribution in [3.8, 4) is 0 Å². The van der Waals surface area contributed by atoms with Crippen molar-refractivity contribution in [1.29, 1.82) is 0 Å². The van der Waals surface area contributed by atoms with Crippen molar-refractivity contribution >= 4 is 0 Å². The number of aliphatic hydroxyl groups is 1. The van der Waals surface area contributed by atoms with Crippen LogP contribution in [-0.2, 0) is 0 Å². The zero-order chi connectivity index (χ0) is 20.5. The van der Waals surface area contributed by atoms with Gasteiger partial charge in [0, 0.05) is 0 Å². The molecule has 170 valence electrons. The van der Waals surface area contributed by atoms with E-state index in [1.54, 1.807) is 0 Å². The zero-order valence-electron chi connectivity index (χ0n) is 20.0. The summed E-state index contributed by atoms with van der Waals surface area (Å²) in [4.78, 5) is 0. The average Bonchev–Trinajstić information content (AvgIpc) is 2.70. The molecule has 0 spiro atoms. The second kappa shape index (κ2) is 25.0. The Morgan fingerprint density at radius 1 is 0.357 bits per heavy atom. The van der Waals surface area contributed by atoms with Crippen LogP contribution >= 0.6 is 0 Å². The highest BCUT2D eigenvalue weighted by Crippen LogP contribution is 2.16. The topological polar surface area (TPSA) is 20.2 Å². The van der Waals surface area contributed by atoms with Crippen molar-refractivity contribution in [3.63, 3.8) is 0 Å². The van der Waals surface area contributed by atoms with Crippen LogP contribution in [0.5, 0.6) is 0 Å². The first kappa shape index (κ1) is 28.0. The Kier molecular flexibility index (Phi) is 25.0. The van der Waals surface area contributed by atoms with Crippen molar-refractivity contribution in [2.75, 3.05) is 0 Å². The van der Waals surface area contributed by atoms with Gasteiger partial charge in [-0.05, 0) is 12.8 Å².